The second-order valence-corrected chi connectivity index (χ2v) is 24.3. The number of carbonyl (C=O) groups is 1. The Balaban J connectivity index is 2.11. The van der Waals surface area contributed by atoms with Gasteiger partial charge in [0.2, 0.25) is 5.91 Å². The van der Waals surface area contributed by atoms with E-state index < -0.39 is 49.5 Å². The number of aliphatic hydroxyl groups excluding tert-OH is 5. The third kappa shape index (κ3) is 48.5. The van der Waals surface area contributed by atoms with Crippen LogP contribution < -0.4 is 5.32 Å². The van der Waals surface area contributed by atoms with E-state index in [-0.39, 0.29) is 12.5 Å². The molecule has 0 radical (unpaired) electrons. The van der Waals surface area contributed by atoms with Crippen LogP contribution in [0.1, 0.15) is 348 Å². The molecule has 6 N–H and O–H groups in total. The standard InChI is InChI=1S/C70H133NO8/c1-3-5-7-9-11-13-15-17-19-21-23-25-27-28-29-30-31-32-33-34-35-36-38-39-41-43-45-47-49-51-53-55-57-59-64(73)63(62-78-70-69(77)68(76)67(75)65(61-72)79-70)71-66(74)60-58-56-54-52-50-48-46-44-42-40-37-26-24-22-20-18-16-14-12-10-8-6-4-2/h16,18,22,24,37,40,63-65,67-70,72-73,75-77H,3-15,17,19-21,23,25-36,38-39,41-62H2,1-2H3,(H,71,74)/b18-16-,24-22-,40-37-. The summed E-state index contributed by atoms with van der Waals surface area (Å²) in [7, 11) is 0. The first-order valence-electron chi connectivity index (χ1n) is 34.7. The van der Waals surface area contributed by atoms with Gasteiger partial charge in [-0.15, -0.1) is 0 Å². The summed E-state index contributed by atoms with van der Waals surface area (Å²) in [5, 5.41) is 54.9. The summed E-state index contributed by atoms with van der Waals surface area (Å²) in [5.74, 6) is -0.147. The first-order valence-corrected chi connectivity index (χ1v) is 34.7. The van der Waals surface area contributed by atoms with Gasteiger partial charge in [-0.3, -0.25) is 4.79 Å². The summed E-state index contributed by atoms with van der Waals surface area (Å²) in [5.41, 5.74) is 0. The van der Waals surface area contributed by atoms with Crippen molar-refractivity contribution >= 4 is 5.91 Å². The first-order chi connectivity index (χ1) is 38.8. The van der Waals surface area contributed by atoms with E-state index in [1.54, 1.807) is 0 Å². The van der Waals surface area contributed by atoms with Crippen molar-refractivity contribution in [2.75, 3.05) is 13.2 Å². The van der Waals surface area contributed by atoms with Gasteiger partial charge in [0.15, 0.2) is 6.29 Å². The van der Waals surface area contributed by atoms with E-state index >= 15 is 0 Å². The third-order valence-corrected chi connectivity index (χ3v) is 16.7. The van der Waals surface area contributed by atoms with Crippen LogP contribution in [0.25, 0.3) is 0 Å². The smallest absolute Gasteiger partial charge is 0.220 e. The quantitative estimate of drug-likeness (QED) is 0.0261. The summed E-state index contributed by atoms with van der Waals surface area (Å²) >= 11 is 0. The fraction of sp³-hybridized carbons (Fsp3) is 0.900. The van der Waals surface area contributed by atoms with Gasteiger partial charge in [-0.2, -0.15) is 0 Å². The molecule has 1 saturated heterocycles. The molecule has 7 unspecified atom stereocenters. The van der Waals surface area contributed by atoms with Gasteiger partial charge < -0.3 is 40.3 Å². The highest BCUT2D eigenvalue weighted by atomic mass is 16.7. The fourth-order valence-electron chi connectivity index (χ4n) is 11.3. The number of allylic oxidation sites excluding steroid dienone is 6. The van der Waals surface area contributed by atoms with Crippen molar-refractivity contribution in [1.82, 2.24) is 5.32 Å². The van der Waals surface area contributed by atoms with Crippen LogP contribution in [0.2, 0.25) is 0 Å². The summed E-state index contributed by atoms with van der Waals surface area (Å²) < 4.78 is 11.4. The highest BCUT2D eigenvalue weighted by molar-refractivity contribution is 5.76. The minimum Gasteiger partial charge on any atom is -0.394 e. The monoisotopic (exact) mass is 1120 g/mol. The Kier molecular flexibility index (Phi) is 56.9. The largest absolute Gasteiger partial charge is 0.394 e. The molecule has 0 bridgehead atoms. The number of rotatable bonds is 61. The molecule has 0 aromatic rings. The minimum atomic E-state index is -1.56. The Labute approximate surface area is 489 Å². The predicted octanol–water partition coefficient (Wildman–Crippen LogP) is 18.6. The van der Waals surface area contributed by atoms with Gasteiger partial charge in [0, 0.05) is 6.42 Å². The van der Waals surface area contributed by atoms with E-state index in [0.717, 1.165) is 57.8 Å². The lowest BCUT2D eigenvalue weighted by molar-refractivity contribution is -0.302. The van der Waals surface area contributed by atoms with Crippen molar-refractivity contribution in [3.63, 3.8) is 0 Å². The lowest BCUT2D eigenvalue weighted by Crippen LogP contribution is -2.60. The van der Waals surface area contributed by atoms with Crippen LogP contribution in [0.3, 0.4) is 0 Å². The Bertz CT molecular complexity index is 1340. The SMILES string of the molecule is CCCCCCC/C=C\C/C=C\C/C=C\CCCCCCCCCCC(=O)NC(COC1OC(CO)C(O)C(O)C1O)C(O)CCCCCCCCCCCCCCCCCCCCCCCCCCCCCCCCCCC. The Hall–Kier alpha value is -1.59. The predicted molar refractivity (Wildman–Crippen MR) is 337 cm³/mol. The number of hydrogen-bond donors (Lipinski definition) is 6. The summed E-state index contributed by atoms with van der Waals surface area (Å²) in [6.07, 6.45) is 72.1. The maximum atomic E-state index is 13.1. The number of unbranched alkanes of at least 4 members (excludes halogenated alkanes) is 45. The first kappa shape index (κ1) is 75.4. The van der Waals surface area contributed by atoms with Crippen LogP contribution in [-0.4, -0.2) is 87.5 Å². The number of nitrogens with one attached hydrogen (secondary N) is 1. The van der Waals surface area contributed by atoms with E-state index in [9.17, 15) is 30.3 Å². The molecular weight excluding hydrogens is 983 g/mol. The molecule has 1 amide bonds. The van der Waals surface area contributed by atoms with Gasteiger partial charge >= 0.3 is 0 Å². The molecule has 0 aromatic heterocycles. The van der Waals surface area contributed by atoms with Crippen molar-refractivity contribution in [2.24, 2.45) is 0 Å². The fourth-order valence-corrected chi connectivity index (χ4v) is 11.3. The molecule has 0 aromatic carbocycles. The molecule has 466 valence electrons. The topological polar surface area (TPSA) is 149 Å². The lowest BCUT2D eigenvalue weighted by atomic mass is 9.99. The van der Waals surface area contributed by atoms with E-state index in [0.29, 0.717) is 12.8 Å². The average molecular weight is 1120 g/mol. The van der Waals surface area contributed by atoms with E-state index in [1.807, 2.05) is 0 Å². The Morgan fingerprint density at radius 3 is 1.10 bits per heavy atom. The van der Waals surface area contributed by atoms with Crippen molar-refractivity contribution in [3.8, 4) is 0 Å². The van der Waals surface area contributed by atoms with Crippen molar-refractivity contribution in [3.05, 3.63) is 36.5 Å². The molecule has 7 atom stereocenters. The molecule has 1 fully saturated rings. The maximum absolute atomic E-state index is 13.1. The normalized spacial score (nSPS) is 18.7. The Morgan fingerprint density at radius 2 is 0.747 bits per heavy atom. The molecule has 1 rings (SSSR count). The molecule has 1 aliphatic rings. The molecule has 1 aliphatic heterocycles. The van der Waals surface area contributed by atoms with E-state index in [1.165, 1.54) is 263 Å². The maximum Gasteiger partial charge on any atom is 0.220 e. The van der Waals surface area contributed by atoms with E-state index in [2.05, 4.69) is 55.6 Å². The molecule has 79 heavy (non-hydrogen) atoms. The molecule has 0 saturated carbocycles. The van der Waals surface area contributed by atoms with Gasteiger partial charge in [-0.25, -0.2) is 0 Å². The summed E-state index contributed by atoms with van der Waals surface area (Å²) in [6, 6.07) is -0.726. The highest BCUT2D eigenvalue weighted by Crippen LogP contribution is 2.24. The number of hydrogen-bond acceptors (Lipinski definition) is 8. The van der Waals surface area contributed by atoms with Gasteiger partial charge in [0.25, 0.3) is 0 Å². The van der Waals surface area contributed by atoms with Gasteiger partial charge in [0.05, 0.1) is 25.4 Å². The molecular formula is C70H133NO8. The number of ether oxygens (including phenoxy) is 2. The highest BCUT2D eigenvalue weighted by Gasteiger charge is 2.44. The van der Waals surface area contributed by atoms with Crippen LogP contribution >= 0.6 is 0 Å². The van der Waals surface area contributed by atoms with Crippen LogP contribution in [-0.2, 0) is 14.3 Å². The van der Waals surface area contributed by atoms with Crippen LogP contribution in [0.4, 0.5) is 0 Å². The lowest BCUT2D eigenvalue weighted by Gasteiger charge is -2.40. The van der Waals surface area contributed by atoms with Crippen molar-refractivity contribution in [2.45, 2.75) is 391 Å². The third-order valence-electron chi connectivity index (χ3n) is 16.7. The van der Waals surface area contributed by atoms with Crippen LogP contribution in [0.15, 0.2) is 36.5 Å². The molecule has 1 heterocycles. The van der Waals surface area contributed by atoms with Gasteiger partial charge in [-0.05, 0) is 51.4 Å². The summed E-state index contributed by atoms with van der Waals surface area (Å²) in [4.78, 5) is 13.1. The van der Waals surface area contributed by atoms with Crippen LogP contribution in [0.5, 0.6) is 0 Å². The zero-order valence-corrected chi connectivity index (χ0v) is 52.2. The van der Waals surface area contributed by atoms with Gasteiger partial charge in [-0.1, -0.05) is 326 Å². The zero-order chi connectivity index (χ0) is 57.2. The number of carbonyl (C=O) groups excluding carboxylic acids is 1. The number of aliphatic hydroxyl groups is 5. The van der Waals surface area contributed by atoms with Crippen LogP contribution in [0, 0.1) is 0 Å². The van der Waals surface area contributed by atoms with Crippen molar-refractivity contribution < 1.29 is 39.8 Å². The Morgan fingerprint density at radius 1 is 0.430 bits per heavy atom. The zero-order valence-electron chi connectivity index (χ0n) is 52.2. The average Bonchev–Trinajstić information content (AvgIpc) is 3.47. The second kappa shape index (κ2) is 59.6. The molecule has 9 heteroatoms. The van der Waals surface area contributed by atoms with E-state index in [4.69, 9.17) is 9.47 Å². The van der Waals surface area contributed by atoms with Crippen molar-refractivity contribution in [1.29, 1.82) is 0 Å². The second-order valence-electron chi connectivity index (χ2n) is 24.3. The minimum absolute atomic E-state index is 0.140. The molecule has 9 nitrogen and oxygen atoms in total. The number of amides is 1. The molecule has 0 spiro atoms. The summed E-state index contributed by atoms with van der Waals surface area (Å²) in [6.45, 7) is 3.87. The molecule has 0 aliphatic carbocycles. The van der Waals surface area contributed by atoms with Gasteiger partial charge in [0.1, 0.15) is 24.4 Å².